The van der Waals surface area contributed by atoms with Gasteiger partial charge in [0.05, 0.1) is 7.11 Å². The molecule has 2 aliphatic rings. The van der Waals surface area contributed by atoms with Gasteiger partial charge >= 0.3 is 5.97 Å². The minimum Gasteiger partial charge on any atom is -0.467 e. The standard InChI is InChI=1S/C15H14N2O5/c1-8-16-11(13(19)21-3)15(22-8)10-7-5-4-6-9(10)12(18)17(2)14(15)20/h4-7,11H,1-3H3/t11-,15+/m1/s1. The second kappa shape index (κ2) is 4.66. The first-order valence-electron chi connectivity index (χ1n) is 6.66. The first kappa shape index (κ1) is 14.2. The normalized spacial score (nSPS) is 26.6. The molecule has 0 fully saturated rings. The first-order valence-corrected chi connectivity index (χ1v) is 6.66. The second-order valence-electron chi connectivity index (χ2n) is 5.13. The molecule has 114 valence electrons. The Morgan fingerprint density at radius 1 is 1.36 bits per heavy atom. The highest BCUT2D eigenvalue weighted by Gasteiger charge is 2.62. The van der Waals surface area contributed by atoms with Gasteiger partial charge in [0.15, 0.2) is 5.90 Å². The lowest BCUT2D eigenvalue weighted by Crippen LogP contribution is -2.59. The fourth-order valence-corrected chi connectivity index (χ4v) is 2.91. The van der Waals surface area contributed by atoms with E-state index < -0.39 is 29.4 Å². The van der Waals surface area contributed by atoms with Gasteiger partial charge in [-0.3, -0.25) is 14.5 Å². The summed E-state index contributed by atoms with van der Waals surface area (Å²) in [5.41, 5.74) is -1.04. The van der Waals surface area contributed by atoms with Crippen molar-refractivity contribution in [3.8, 4) is 0 Å². The van der Waals surface area contributed by atoms with Crippen LogP contribution < -0.4 is 0 Å². The monoisotopic (exact) mass is 302 g/mol. The average Bonchev–Trinajstić information content (AvgIpc) is 2.89. The molecule has 2 atom stereocenters. The number of carbonyl (C=O) groups is 3. The molecule has 1 aromatic carbocycles. The zero-order valence-corrected chi connectivity index (χ0v) is 12.3. The maximum absolute atomic E-state index is 12.8. The second-order valence-corrected chi connectivity index (χ2v) is 5.13. The number of fused-ring (bicyclic) bond motifs is 2. The molecular weight excluding hydrogens is 288 g/mol. The minimum atomic E-state index is -1.68. The Balaban J connectivity index is 2.28. The van der Waals surface area contributed by atoms with Crippen LogP contribution in [0.15, 0.2) is 29.3 Å². The van der Waals surface area contributed by atoms with Crippen molar-refractivity contribution in [3.63, 3.8) is 0 Å². The molecule has 3 rings (SSSR count). The van der Waals surface area contributed by atoms with Crippen molar-refractivity contribution in [1.29, 1.82) is 0 Å². The third-order valence-electron chi connectivity index (χ3n) is 3.91. The lowest BCUT2D eigenvalue weighted by Gasteiger charge is -2.38. The van der Waals surface area contributed by atoms with Crippen molar-refractivity contribution in [1.82, 2.24) is 4.90 Å². The van der Waals surface area contributed by atoms with E-state index in [-0.39, 0.29) is 5.90 Å². The number of imide groups is 1. The molecule has 0 aliphatic carbocycles. The molecular formula is C15H14N2O5. The number of aliphatic imine (C=N–C) groups is 1. The number of nitrogens with zero attached hydrogens (tertiary/aromatic N) is 2. The Morgan fingerprint density at radius 2 is 2.05 bits per heavy atom. The molecule has 1 spiro atoms. The number of rotatable bonds is 1. The molecule has 2 aliphatic heterocycles. The summed E-state index contributed by atoms with van der Waals surface area (Å²) in [6.07, 6.45) is 0. The largest absolute Gasteiger partial charge is 0.467 e. The van der Waals surface area contributed by atoms with Crippen LogP contribution >= 0.6 is 0 Å². The van der Waals surface area contributed by atoms with E-state index in [4.69, 9.17) is 9.47 Å². The molecule has 22 heavy (non-hydrogen) atoms. The van der Waals surface area contributed by atoms with Crippen molar-refractivity contribution in [3.05, 3.63) is 35.4 Å². The Labute approximate surface area is 126 Å². The van der Waals surface area contributed by atoms with E-state index in [1.165, 1.54) is 14.2 Å². The van der Waals surface area contributed by atoms with Crippen molar-refractivity contribution in [2.24, 2.45) is 4.99 Å². The lowest BCUT2D eigenvalue weighted by atomic mass is 9.79. The van der Waals surface area contributed by atoms with E-state index >= 15 is 0 Å². The van der Waals surface area contributed by atoms with E-state index in [1.807, 2.05) is 0 Å². The summed E-state index contributed by atoms with van der Waals surface area (Å²) in [5, 5.41) is 0. The van der Waals surface area contributed by atoms with Gasteiger partial charge in [-0.1, -0.05) is 18.2 Å². The maximum atomic E-state index is 12.8. The molecule has 0 radical (unpaired) electrons. The molecule has 0 aromatic heterocycles. The van der Waals surface area contributed by atoms with Crippen LogP contribution in [0.2, 0.25) is 0 Å². The van der Waals surface area contributed by atoms with Crippen LogP contribution in [0.1, 0.15) is 22.8 Å². The van der Waals surface area contributed by atoms with Gasteiger partial charge in [0.2, 0.25) is 11.6 Å². The van der Waals surface area contributed by atoms with Crippen molar-refractivity contribution in [2.45, 2.75) is 18.6 Å². The number of carbonyl (C=O) groups excluding carboxylic acids is 3. The zero-order valence-electron chi connectivity index (χ0n) is 12.3. The summed E-state index contributed by atoms with van der Waals surface area (Å²) in [5.74, 6) is -1.57. The summed E-state index contributed by atoms with van der Waals surface area (Å²) >= 11 is 0. The van der Waals surface area contributed by atoms with Crippen LogP contribution in [0.5, 0.6) is 0 Å². The van der Waals surface area contributed by atoms with Crippen molar-refractivity contribution in [2.75, 3.05) is 14.2 Å². The number of benzene rings is 1. The van der Waals surface area contributed by atoms with Gasteiger partial charge in [-0.05, 0) is 6.07 Å². The van der Waals surface area contributed by atoms with Crippen LogP contribution in [0.25, 0.3) is 0 Å². The summed E-state index contributed by atoms with van der Waals surface area (Å²) < 4.78 is 10.4. The number of hydrogen-bond donors (Lipinski definition) is 0. The van der Waals surface area contributed by atoms with Crippen LogP contribution in [0.4, 0.5) is 0 Å². The van der Waals surface area contributed by atoms with Crippen LogP contribution in [-0.4, -0.2) is 48.8 Å². The topological polar surface area (TPSA) is 85.3 Å². The molecule has 1 aromatic rings. The highest BCUT2D eigenvalue weighted by Crippen LogP contribution is 2.43. The lowest BCUT2D eigenvalue weighted by molar-refractivity contribution is -0.159. The quantitative estimate of drug-likeness (QED) is 0.556. The van der Waals surface area contributed by atoms with Gasteiger partial charge in [0, 0.05) is 25.1 Å². The molecule has 0 saturated heterocycles. The predicted molar refractivity (Wildman–Crippen MR) is 75.2 cm³/mol. The summed E-state index contributed by atoms with van der Waals surface area (Å²) in [7, 11) is 2.57. The van der Waals surface area contributed by atoms with E-state index in [9.17, 15) is 14.4 Å². The van der Waals surface area contributed by atoms with Gasteiger partial charge < -0.3 is 9.47 Å². The van der Waals surface area contributed by atoms with Gasteiger partial charge in [-0.25, -0.2) is 9.79 Å². The summed E-state index contributed by atoms with van der Waals surface area (Å²) in [4.78, 5) is 42.3. The maximum Gasteiger partial charge on any atom is 0.335 e. The number of methoxy groups -OCH3 is 1. The molecule has 0 N–H and O–H groups in total. The van der Waals surface area contributed by atoms with E-state index in [0.29, 0.717) is 11.1 Å². The minimum absolute atomic E-state index is 0.196. The average molecular weight is 302 g/mol. The molecule has 0 saturated carbocycles. The van der Waals surface area contributed by atoms with Crippen LogP contribution in [0, 0.1) is 0 Å². The Morgan fingerprint density at radius 3 is 2.73 bits per heavy atom. The molecule has 2 heterocycles. The fraction of sp³-hybridized carbons (Fsp3) is 0.333. The number of esters is 1. The number of amides is 2. The molecule has 7 heteroatoms. The third-order valence-corrected chi connectivity index (χ3v) is 3.91. The van der Waals surface area contributed by atoms with Gasteiger partial charge in [-0.15, -0.1) is 0 Å². The SMILES string of the molecule is COC(=O)[C@H]1N=C(C)O[C@]12C(=O)N(C)C(=O)c1ccccc12. The third kappa shape index (κ3) is 1.62. The highest BCUT2D eigenvalue weighted by molar-refractivity contribution is 6.15. The highest BCUT2D eigenvalue weighted by atomic mass is 16.5. The Bertz CT molecular complexity index is 726. The molecule has 0 bridgehead atoms. The molecule has 2 amide bonds. The Hall–Kier alpha value is -2.70. The smallest absolute Gasteiger partial charge is 0.335 e. The zero-order chi connectivity index (χ0) is 16.1. The number of likely N-dealkylation sites (N-methyl/N-ethyl adjacent to an activating group) is 1. The van der Waals surface area contributed by atoms with Gasteiger partial charge in [0.25, 0.3) is 11.8 Å². The Kier molecular flexibility index (Phi) is 3.01. The van der Waals surface area contributed by atoms with Crippen molar-refractivity contribution < 1.29 is 23.9 Å². The summed E-state index contributed by atoms with van der Waals surface area (Å²) in [6, 6.07) is 5.37. The molecule has 0 unspecified atom stereocenters. The predicted octanol–water partition coefficient (Wildman–Crippen LogP) is 0.484. The van der Waals surface area contributed by atoms with Gasteiger partial charge in [-0.2, -0.15) is 0 Å². The van der Waals surface area contributed by atoms with E-state index in [1.54, 1.807) is 31.2 Å². The van der Waals surface area contributed by atoms with Gasteiger partial charge in [0.1, 0.15) is 0 Å². The molecule has 7 nitrogen and oxygen atoms in total. The number of ether oxygens (including phenoxy) is 2. The van der Waals surface area contributed by atoms with Crippen molar-refractivity contribution >= 4 is 23.7 Å². The van der Waals surface area contributed by atoms with Crippen LogP contribution in [-0.2, 0) is 24.7 Å². The van der Waals surface area contributed by atoms with Crippen LogP contribution in [0.3, 0.4) is 0 Å². The van der Waals surface area contributed by atoms with E-state index in [2.05, 4.69) is 4.99 Å². The first-order chi connectivity index (χ1) is 10.4. The van der Waals surface area contributed by atoms with E-state index in [0.717, 1.165) is 4.90 Å². The fourth-order valence-electron chi connectivity index (χ4n) is 2.91. The number of hydrogen-bond acceptors (Lipinski definition) is 6. The summed E-state index contributed by atoms with van der Waals surface area (Å²) in [6.45, 7) is 1.55.